The smallest absolute Gasteiger partial charge is 0.303 e. The summed E-state index contributed by atoms with van der Waals surface area (Å²) >= 11 is 0. The van der Waals surface area contributed by atoms with Gasteiger partial charge in [-0.3, -0.25) is 4.79 Å². The fourth-order valence-electron chi connectivity index (χ4n) is 3.59. The summed E-state index contributed by atoms with van der Waals surface area (Å²) in [6.45, 7) is 2.14. The van der Waals surface area contributed by atoms with Crippen molar-refractivity contribution >= 4 is 16.9 Å². The first-order valence-corrected chi connectivity index (χ1v) is 9.80. The first-order chi connectivity index (χ1) is 14.5. The molecule has 5 heteroatoms. The van der Waals surface area contributed by atoms with Gasteiger partial charge < -0.3 is 14.8 Å². The van der Waals surface area contributed by atoms with Crippen LogP contribution in [0.3, 0.4) is 0 Å². The van der Waals surface area contributed by atoms with E-state index in [4.69, 9.17) is 9.84 Å². The molecular formula is C25H22FNO3. The molecule has 0 saturated heterocycles. The first kappa shape index (κ1) is 19.7. The molecule has 0 fully saturated rings. The van der Waals surface area contributed by atoms with Crippen LogP contribution in [0.15, 0.2) is 72.9 Å². The summed E-state index contributed by atoms with van der Waals surface area (Å²) in [6, 6.07) is 20.2. The Morgan fingerprint density at radius 1 is 1.10 bits per heavy atom. The van der Waals surface area contributed by atoms with E-state index in [2.05, 4.69) is 11.1 Å². The third-order valence-electron chi connectivity index (χ3n) is 5.20. The van der Waals surface area contributed by atoms with E-state index in [1.807, 2.05) is 55.6 Å². The number of H-pyrrole nitrogens is 1. The van der Waals surface area contributed by atoms with Gasteiger partial charge in [0.05, 0.1) is 6.42 Å². The molecule has 0 radical (unpaired) electrons. The summed E-state index contributed by atoms with van der Waals surface area (Å²) in [4.78, 5) is 14.3. The third-order valence-corrected chi connectivity index (χ3v) is 5.20. The molecule has 3 aromatic carbocycles. The lowest BCUT2D eigenvalue weighted by Crippen LogP contribution is -2.04. The van der Waals surface area contributed by atoms with Crippen LogP contribution in [0.5, 0.6) is 5.75 Å². The second kappa shape index (κ2) is 8.41. The summed E-state index contributed by atoms with van der Waals surface area (Å²) < 4.78 is 19.5. The molecule has 1 aromatic heterocycles. The number of aliphatic carboxylic acids is 1. The molecule has 1 unspecified atom stereocenters. The number of hydrogen-bond acceptors (Lipinski definition) is 2. The highest BCUT2D eigenvalue weighted by Crippen LogP contribution is 2.35. The van der Waals surface area contributed by atoms with Gasteiger partial charge in [0.1, 0.15) is 18.2 Å². The number of carboxylic acids is 1. The highest BCUT2D eigenvalue weighted by Gasteiger charge is 2.15. The Morgan fingerprint density at radius 3 is 2.77 bits per heavy atom. The van der Waals surface area contributed by atoms with Crippen LogP contribution in [-0.2, 0) is 11.4 Å². The van der Waals surface area contributed by atoms with Gasteiger partial charge in [-0.15, -0.1) is 0 Å². The van der Waals surface area contributed by atoms with E-state index in [0.717, 1.165) is 33.2 Å². The quantitative estimate of drug-likeness (QED) is 0.390. The molecule has 0 aliphatic carbocycles. The predicted octanol–water partition coefficient (Wildman–Crippen LogP) is 6.13. The Morgan fingerprint density at radius 2 is 1.97 bits per heavy atom. The summed E-state index contributed by atoms with van der Waals surface area (Å²) in [6.07, 6.45) is 1.95. The zero-order valence-corrected chi connectivity index (χ0v) is 16.6. The lowest BCUT2D eigenvalue weighted by molar-refractivity contribution is -0.137. The van der Waals surface area contributed by atoms with Gasteiger partial charge in [0.15, 0.2) is 0 Å². The van der Waals surface area contributed by atoms with E-state index in [0.29, 0.717) is 5.75 Å². The van der Waals surface area contributed by atoms with E-state index in [-0.39, 0.29) is 24.8 Å². The van der Waals surface area contributed by atoms with E-state index in [9.17, 15) is 9.18 Å². The second-order valence-electron chi connectivity index (χ2n) is 7.45. The molecule has 152 valence electrons. The molecule has 4 rings (SSSR count). The fourth-order valence-corrected chi connectivity index (χ4v) is 3.59. The van der Waals surface area contributed by atoms with Gasteiger partial charge >= 0.3 is 5.97 Å². The lowest BCUT2D eigenvalue weighted by Gasteiger charge is -2.16. The van der Waals surface area contributed by atoms with Gasteiger partial charge in [-0.2, -0.15) is 0 Å². The van der Waals surface area contributed by atoms with Crippen molar-refractivity contribution in [2.75, 3.05) is 0 Å². The van der Waals surface area contributed by atoms with Gasteiger partial charge in [0.25, 0.3) is 0 Å². The summed E-state index contributed by atoms with van der Waals surface area (Å²) in [5.41, 5.74) is 4.56. The van der Waals surface area contributed by atoms with Gasteiger partial charge in [0.2, 0.25) is 0 Å². The van der Waals surface area contributed by atoms with Gasteiger partial charge in [-0.1, -0.05) is 31.2 Å². The van der Waals surface area contributed by atoms with Crippen LogP contribution in [0.1, 0.15) is 30.4 Å². The van der Waals surface area contributed by atoms with E-state index in [1.54, 1.807) is 6.07 Å². The van der Waals surface area contributed by atoms with E-state index < -0.39 is 5.97 Å². The van der Waals surface area contributed by atoms with Crippen LogP contribution >= 0.6 is 0 Å². The Hall–Kier alpha value is -3.60. The van der Waals surface area contributed by atoms with Crippen molar-refractivity contribution in [2.24, 2.45) is 0 Å². The summed E-state index contributed by atoms with van der Waals surface area (Å²) in [5.74, 6) is -0.591. The number of carbonyl (C=O) groups is 1. The zero-order chi connectivity index (χ0) is 21.1. The number of fused-ring (bicyclic) bond motifs is 1. The van der Waals surface area contributed by atoms with Crippen molar-refractivity contribution < 1.29 is 19.0 Å². The average Bonchev–Trinajstić information content (AvgIpc) is 3.19. The Balaban J connectivity index is 1.71. The minimum absolute atomic E-state index is 0.0553. The van der Waals surface area contributed by atoms with Gasteiger partial charge in [-0.05, 0) is 70.5 Å². The maximum absolute atomic E-state index is 13.5. The van der Waals surface area contributed by atoms with Gasteiger partial charge in [-0.25, -0.2) is 4.39 Å². The lowest BCUT2D eigenvalue weighted by atomic mass is 9.93. The maximum atomic E-state index is 13.5. The Bertz CT molecular complexity index is 1200. The van der Waals surface area contributed by atoms with Crippen LogP contribution in [0, 0.1) is 5.82 Å². The van der Waals surface area contributed by atoms with Gasteiger partial charge in [0, 0.05) is 17.3 Å². The molecule has 30 heavy (non-hydrogen) atoms. The molecule has 4 nitrogen and oxygen atoms in total. The van der Waals surface area contributed by atoms with E-state index >= 15 is 0 Å². The SMILES string of the molecule is CC(CC(=O)O)c1ccc(OCc2cccc(F)c2)c(-c2ccc3[nH]ccc3c2)c1. The normalized spacial score (nSPS) is 12.1. The number of halogens is 1. The molecule has 0 amide bonds. The fraction of sp³-hybridized carbons (Fsp3) is 0.160. The predicted molar refractivity (Wildman–Crippen MR) is 115 cm³/mol. The third kappa shape index (κ3) is 4.35. The summed E-state index contributed by atoms with van der Waals surface area (Å²) in [7, 11) is 0. The molecule has 0 spiro atoms. The largest absolute Gasteiger partial charge is 0.488 e. The van der Waals surface area contributed by atoms with Crippen LogP contribution in [-0.4, -0.2) is 16.1 Å². The Kier molecular flexibility index (Phi) is 5.53. The molecule has 1 heterocycles. The molecule has 1 atom stereocenters. The molecule has 0 aliphatic heterocycles. The topological polar surface area (TPSA) is 62.3 Å². The Labute approximate surface area is 173 Å². The highest BCUT2D eigenvalue weighted by molar-refractivity contribution is 5.86. The van der Waals surface area contributed by atoms with Crippen LogP contribution in [0.2, 0.25) is 0 Å². The van der Waals surface area contributed by atoms with Crippen molar-refractivity contribution in [2.45, 2.75) is 25.9 Å². The van der Waals surface area contributed by atoms with Crippen molar-refractivity contribution in [1.29, 1.82) is 0 Å². The van der Waals surface area contributed by atoms with Crippen molar-refractivity contribution in [3.05, 3.63) is 89.9 Å². The van der Waals surface area contributed by atoms with Crippen LogP contribution in [0.25, 0.3) is 22.0 Å². The monoisotopic (exact) mass is 403 g/mol. The molecule has 2 N–H and O–H groups in total. The average molecular weight is 403 g/mol. The number of benzene rings is 3. The minimum Gasteiger partial charge on any atom is -0.488 e. The van der Waals surface area contributed by atoms with Crippen molar-refractivity contribution in [3.8, 4) is 16.9 Å². The number of nitrogens with one attached hydrogen (secondary N) is 1. The minimum atomic E-state index is -0.829. The van der Waals surface area contributed by atoms with Crippen molar-refractivity contribution in [1.82, 2.24) is 4.98 Å². The first-order valence-electron chi connectivity index (χ1n) is 9.80. The molecule has 0 saturated carbocycles. The summed E-state index contributed by atoms with van der Waals surface area (Å²) in [5, 5.41) is 10.2. The number of rotatable bonds is 7. The van der Waals surface area contributed by atoms with Crippen LogP contribution < -0.4 is 4.74 Å². The second-order valence-corrected chi connectivity index (χ2v) is 7.45. The van der Waals surface area contributed by atoms with E-state index in [1.165, 1.54) is 12.1 Å². The number of aromatic nitrogens is 1. The molecule has 0 aliphatic rings. The highest BCUT2D eigenvalue weighted by atomic mass is 19.1. The number of aromatic amines is 1. The molecule has 4 aromatic rings. The van der Waals surface area contributed by atoms with Crippen molar-refractivity contribution in [3.63, 3.8) is 0 Å². The number of hydrogen-bond donors (Lipinski definition) is 2. The maximum Gasteiger partial charge on any atom is 0.303 e. The standard InChI is InChI=1S/C25H22FNO3/c1-16(11-25(28)29)18-6-8-24(30-15-17-3-2-4-21(26)12-17)22(14-18)19-5-7-23-20(13-19)9-10-27-23/h2-10,12-14,16,27H,11,15H2,1H3,(H,28,29). The number of carboxylic acid groups (broad SMARTS) is 1. The van der Waals surface area contributed by atoms with Crippen LogP contribution in [0.4, 0.5) is 4.39 Å². The zero-order valence-electron chi connectivity index (χ0n) is 16.6. The molecular weight excluding hydrogens is 381 g/mol. The molecule has 0 bridgehead atoms. The number of ether oxygens (including phenoxy) is 1.